The normalized spacial score (nSPS) is 10.5. The Morgan fingerprint density at radius 3 is 2.00 bits per heavy atom. The van der Waals surface area contributed by atoms with Crippen LogP contribution in [-0.4, -0.2) is 18.9 Å². The van der Waals surface area contributed by atoms with Crippen molar-refractivity contribution >= 4 is 62.3 Å². The van der Waals surface area contributed by atoms with Gasteiger partial charge >= 0.3 is 135 Å². The van der Waals surface area contributed by atoms with Crippen LogP contribution in [0.25, 0.3) is 10.8 Å². The Morgan fingerprint density at radius 1 is 0.850 bits per heavy atom. The molecule has 0 aliphatic heterocycles. The third-order valence-corrected chi connectivity index (χ3v) is 6.12. The summed E-state index contributed by atoms with van der Waals surface area (Å²) in [6.45, 7) is 0. The van der Waals surface area contributed by atoms with Gasteiger partial charge in [0, 0.05) is 4.90 Å². The standard InChI is InChI=1S/C17H12N2O13S3.Cu.4Na/c20-15-11(17(22)23)5-9(35(26,27)28)6-12(15)18-19-14-13(34-32-30-25)4-7-3-8(33-31-29-24)1-2-10(7)16(14)21;;;;;/h1-6,20-21,24-25H,(H,22,23)(H,26,27,28);;;;;/q;+2;4*+1/p-6. The molecule has 0 unspecified atom stereocenters. The first-order valence-electron chi connectivity index (χ1n) is 8.55. The molecule has 0 saturated carbocycles. The van der Waals surface area contributed by atoms with Crippen LogP contribution >= 0.6 is 24.1 Å². The summed E-state index contributed by atoms with van der Waals surface area (Å²) in [6.07, 6.45) is 0. The van der Waals surface area contributed by atoms with Crippen LogP contribution in [0.3, 0.4) is 0 Å². The van der Waals surface area contributed by atoms with Gasteiger partial charge in [0.05, 0.1) is 51.2 Å². The molecule has 3 rings (SSSR count). The summed E-state index contributed by atoms with van der Waals surface area (Å²) in [7, 11) is -5.21. The van der Waals surface area contributed by atoms with E-state index in [0.717, 1.165) is 0 Å². The van der Waals surface area contributed by atoms with Crippen LogP contribution in [0.5, 0.6) is 11.5 Å². The number of fused-ring (bicyclic) bond motifs is 1. The van der Waals surface area contributed by atoms with Crippen LogP contribution < -0.4 is 144 Å². The molecule has 0 saturated heterocycles. The molecule has 0 spiro atoms. The number of carbonyl (C=O) groups excluding carboxylic acids is 1. The number of aromatic carboxylic acids is 1. The summed E-state index contributed by atoms with van der Waals surface area (Å²) in [6, 6.07) is 6.14. The van der Waals surface area contributed by atoms with Gasteiger partial charge in [-0.3, -0.25) is 10.1 Å². The summed E-state index contributed by atoms with van der Waals surface area (Å²) in [5.41, 5.74) is -2.60. The fourth-order valence-electron chi connectivity index (χ4n) is 2.69. The minimum absolute atomic E-state index is 0. The molecule has 15 nitrogen and oxygen atoms in total. The minimum atomic E-state index is -5.21. The van der Waals surface area contributed by atoms with E-state index in [1.807, 2.05) is 0 Å². The van der Waals surface area contributed by atoms with Crippen molar-refractivity contribution in [1.29, 1.82) is 0 Å². The molecule has 3 aromatic rings. The van der Waals surface area contributed by atoms with E-state index < -0.39 is 49.4 Å². The van der Waals surface area contributed by atoms with E-state index in [2.05, 4.69) is 29.0 Å². The third kappa shape index (κ3) is 12.1. The van der Waals surface area contributed by atoms with Crippen LogP contribution in [0.1, 0.15) is 10.4 Å². The van der Waals surface area contributed by atoms with Crippen molar-refractivity contribution in [3.8, 4) is 11.5 Å². The summed E-state index contributed by atoms with van der Waals surface area (Å²) < 4.78 is 42.4. The Balaban J connectivity index is -0.00000274. The maximum Gasteiger partial charge on any atom is 2.00 e. The number of nitrogens with zero attached hydrogens (tertiary/aromatic N) is 2. The molecule has 0 fully saturated rings. The average molecular weight is 698 g/mol. The van der Waals surface area contributed by atoms with Crippen LogP contribution in [0, 0.1) is 0 Å². The van der Waals surface area contributed by atoms with E-state index in [0.29, 0.717) is 29.1 Å². The summed E-state index contributed by atoms with van der Waals surface area (Å²) >= 11 is 0.756. The van der Waals surface area contributed by atoms with E-state index in [4.69, 9.17) is 0 Å². The second kappa shape index (κ2) is 21.3. The summed E-state index contributed by atoms with van der Waals surface area (Å²) in [4.78, 5) is 10.2. The number of rotatable bonds is 10. The van der Waals surface area contributed by atoms with Gasteiger partial charge in [0.2, 0.25) is 0 Å². The predicted octanol–water partition coefficient (Wildman–Crippen LogP) is -12.9. The molecule has 0 aromatic heterocycles. The van der Waals surface area contributed by atoms with E-state index >= 15 is 0 Å². The van der Waals surface area contributed by atoms with Crippen molar-refractivity contribution in [2.45, 2.75) is 14.7 Å². The van der Waals surface area contributed by atoms with Gasteiger partial charge in [-0.15, -0.1) is 5.11 Å². The molecular weight excluding hydrogens is 692 g/mol. The van der Waals surface area contributed by atoms with Crippen molar-refractivity contribution in [2.24, 2.45) is 10.2 Å². The first kappa shape index (κ1) is 45.9. The molecule has 195 valence electrons. The fourth-order valence-corrected chi connectivity index (χ4v) is 4.10. The average Bonchev–Trinajstić information content (AvgIpc) is 2.80. The first-order valence-corrected chi connectivity index (χ1v) is 11.4. The Hall–Kier alpha value is 1.48. The number of carbonyl (C=O) groups is 1. The maximum atomic E-state index is 13.0. The molecule has 3 aromatic carbocycles. The second-order valence-corrected chi connectivity index (χ2v) is 9.03. The monoisotopic (exact) mass is 697 g/mol. The number of hydrogen-bond donors (Lipinski definition) is 0. The van der Waals surface area contributed by atoms with E-state index in [1.165, 1.54) is 24.3 Å². The van der Waals surface area contributed by atoms with Crippen LogP contribution in [0.15, 0.2) is 61.3 Å². The number of carboxylic acid groups (broad SMARTS) is 1. The van der Waals surface area contributed by atoms with Crippen molar-refractivity contribution in [3.63, 3.8) is 0 Å². The second-order valence-electron chi connectivity index (χ2n) is 6.13. The molecule has 0 atom stereocenters. The van der Waals surface area contributed by atoms with Gasteiger partial charge in [0.15, 0.2) is 0 Å². The summed E-state index contributed by atoms with van der Waals surface area (Å²) in [5.74, 6) is -4.24. The first-order chi connectivity index (χ1) is 16.6. The molecule has 0 aliphatic carbocycles. The summed E-state index contributed by atoms with van der Waals surface area (Å²) in [5, 5.41) is 70.5. The third-order valence-electron chi connectivity index (χ3n) is 4.12. The van der Waals surface area contributed by atoms with Gasteiger partial charge in [-0.05, 0) is 46.7 Å². The van der Waals surface area contributed by atoms with Gasteiger partial charge < -0.3 is 35.2 Å². The van der Waals surface area contributed by atoms with Crippen LogP contribution in [0.2, 0.25) is 0 Å². The van der Waals surface area contributed by atoms with E-state index in [1.54, 1.807) is 0 Å². The van der Waals surface area contributed by atoms with Crippen LogP contribution in [0.4, 0.5) is 11.4 Å². The molecule has 0 amide bonds. The molecule has 0 aliphatic rings. The van der Waals surface area contributed by atoms with Gasteiger partial charge in [-0.1, -0.05) is 17.6 Å². The van der Waals surface area contributed by atoms with Gasteiger partial charge in [-0.2, -0.15) is 13.8 Å². The number of benzene rings is 3. The smallest absolute Gasteiger partial charge is 0.871 e. The topological polar surface area (TPSA) is 251 Å². The molecule has 0 bridgehead atoms. The number of azo groups is 1. The van der Waals surface area contributed by atoms with Gasteiger partial charge in [0.1, 0.15) is 10.1 Å². The number of carboxylic acids is 1. The van der Waals surface area contributed by atoms with Gasteiger partial charge in [0.25, 0.3) is 0 Å². The van der Waals surface area contributed by atoms with E-state index in [9.17, 15) is 43.6 Å². The molecule has 0 heterocycles. The predicted molar refractivity (Wildman–Crippen MR) is 102 cm³/mol. The molecule has 40 heavy (non-hydrogen) atoms. The van der Waals surface area contributed by atoms with Crippen molar-refractivity contribution in [1.82, 2.24) is 0 Å². The zero-order valence-corrected chi connectivity index (χ0v) is 32.1. The van der Waals surface area contributed by atoms with Crippen molar-refractivity contribution in [3.05, 3.63) is 42.0 Å². The van der Waals surface area contributed by atoms with E-state index in [-0.39, 0.29) is 163 Å². The zero-order valence-electron chi connectivity index (χ0n) is 20.7. The number of hydrogen-bond acceptors (Lipinski definition) is 17. The Labute approximate surface area is 333 Å². The van der Waals surface area contributed by atoms with Crippen molar-refractivity contribution in [2.75, 3.05) is 0 Å². The SMILES string of the molecule is O=C([O-])c1cc(S(=O)(=O)[O-])cc(N=Nc2c(SOO[O-])cc3cc(SOO[O-])ccc3c2[O-])c1[O-].[Cu+2].[Na+].[Na+].[Na+].[Na+]. The Bertz CT molecular complexity index is 1440. The minimum Gasteiger partial charge on any atom is -0.871 e. The molecule has 0 N–H and O–H groups in total. The van der Waals surface area contributed by atoms with Gasteiger partial charge in [-0.25, -0.2) is 8.42 Å². The Kier molecular flexibility index (Phi) is 24.4. The molecular formula is C17H6CuN2Na4O13S3. The van der Waals surface area contributed by atoms with Crippen LogP contribution in [-0.2, 0) is 45.9 Å². The fraction of sp³-hybridized carbons (Fsp3) is 0. The van der Waals surface area contributed by atoms with Crippen molar-refractivity contribution < 1.29 is 198 Å². The molecule has 23 heteroatoms. The zero-order chi connectivity index (χ0) is 25.8. The maximum absolute atomic E-state index is 13.0. The largest absolute Gasteiger partial charge is 2.00 e. The molecule has 1 radical (unpaired) electrons. The quantitative estimate of drug-likeness (QED) is 0.0476. The Morgan fingerprint density at radius 2 is 1.45 bits per heavy atom.